The zero-order chi connectivity index (χ0) is 21.9. The first-order valence-corrected chi connectivity index (χ1v) is 10.4. The van der Waals surface area contributed by atoms with Gasteiger partial charge in [0.2, 0.25) is 0 Å². The lowest BCUT2D eigenvalue weighted by Gasteiger charge is -2.31. The number of anilines is 3. The van der Waals surface area contributed by atoms with Crippen molar-refractivity contribution in [1.82, 2.24) is 15.1 Å². The molecular formula is C24H22N6O2. The first-order chi connectivity index (χ1) is 15.7. The second-order valence-corrected chi connectivity index (χ2v) is 7.58. The predicted molar refractivity (Wildman–Crippen MR) is 123 cm³/mol. The van der Waals surface area contributed by atoms with Crippen molar-refractivity contribution in [3.63, 3.8) is 0 Å². The number of hydrogen-bond acceptors (Lipinski definition) is 6. The van der Waals surface area contributed by atoms with Gasteiger partial charge in [-0.2, -0.15) is 4.98 Å². The Morgan fingerprint density at radius 3 is 2.72 bits per heavy atom. The fraction of sp³-hybridized carbons (Fsp3) is 0.167. The highest BCUT2D eigenvalue weighted by atomic mass is 16.5. The van der Waals surface area contributed by atoms with Gasteiger partial charge in [-0.05, 0) is 54.8 Å². The molecule has 32 heavy (non-hydrogen) atoms. The average Bonchev–Trinajstić information content (AvgIpc) is 3.26. The van der Waals surface area contributed by atoms with Gasteiger partial charge in [0.25, 0.3) is 5.89 Å². The van der Waals surface area contributed by atoms with E-state index in [-0.39, 0.29) is 6.03 Å². The number of hydrogen-bond donors (Lipinski definition) is 2. The highest BCUT2D eigenvalue weighted by Gasteiger charge is 2.24. The maximum atomic E-state index is 12.5. The highest BCUT2D eigenvalue weighted by molar-refractivity contribution is 6.00. The number of aromatic nitrogens is 3. The SMILES string of the molecule is Cc1noc(-c2cccnc2N2CCc3c(cccc3NC(=O)Nc3ccccc3)C2)n1. The molecule has 8 nitrogen and oxygen atoms in total. The molecule has 2 amide bonds. The molecule has 2 N–H and O–H groups in total. The van der Waals surface area contributed by atoms with Crippen LogP contribution < -0.4 is 15.5 Å². The lowest BCUT2D eigenvalue weighted by molar-refractivity contribution is 0.262. The largest absolute Gasteiger partial charge is 0.351 e. The van der Waals surface area contributed by atoms with Crippen LogP contribution in [0.1, 0.15) is 17.0 Å². The van der Waals surface area contributed by atoms with Crippen LogP contribution in [0.5, 0.6) is 0 Å². The number of para-hydroxylation sites is 1. The summed E-state index contributed by atoms with van der Waals surface area (Å²) in [5.41, 5.74) is 4.67. The molecule has 1 aliphatic heterocycles. The second kappa shape index (κ2) is 8.50. The molecular weight excluding hydrogens is 404 g/mol. The molecule has 0 aliphatic carbocycles. The minimum Gasteiger partial charge on any atom is -0.351 e. The number of urea groups is 1. The predicted octanol–water partition coefficient (Wildman–Crippen LogP) is 4.65. The normalized spacial score (nSPS) is 12.8. The van der Waals surface area contributed by atoms with E-state index in [1.165, 1.54) is 0 Å². The third-order valence-electron chi connectivity index (χ3n) is 5.39. The molecule has 0 fully saturated rings. The van der Waals surface area contributed by atoms with Crippen molar-refractivity contribution >= 4 is 23.2 Å². The Balaban J connectivity index is 1.36. The molecule has 5 rings (SSSR count). The van der Waals surface area contributed by atoms with Gasteiger partial charge >= 0.3 is 6.03 Å². The van der Waals surface area contributed by atoms with E-state index < -0.39 is 0 Å². The smallest absolute Gasteiger partial charge is 0.323 e. The highest BCUT2D eigenvalue weighted by Crippen LogP contribution is 2.33. The molecule has 0 bridgehead atoms. The lowest BCUT2D eigenvalue weighted by Crippen LogP contribution is -2.32. The summed E-state index contributed by atoms with van der Waals surface area (Å²) in [6.45, 7) is 3.22. The Kier molecular flexibility index (Phi) is 5.25. The number of amides is 2. The zero-order valence-electron chi connectivity index (χ0n) is 17.6. The Hall–Kier alpha value is -4.20. The molecule has 0 radical (unpaired) electrons. The minimum absolute atomic E-state index is 0.259. The van der Waals surface area contributed by atoms with Gasteiger partial charge in [-0.25, -0.2) is 9.78 Å². The first-order valence-electron chi connectivity index (χ1n) is 10.4. The van der Waals surface area contributed by atoms with Crippen molar-refractivity contribution in [1.29, 1.82) is 0 Å². The number of nitrogens with zero attached hydrogens (tertiary/aromatic N) is 4. The van der Waals surface area contributed by atoms with Crippen LogP contribution in [-0.4, -0.2) is 27.7 Å². The third kappa shape index (κ3) is 4.02. The summed E-state index contributed by atoms with van der Waals surface area (Å²) in [4.78, 5) is 23.7. The maximum absolute atomic E-state index is 12.5. The van der Waals surface area contributed by atoms with Crippen LogP contribution in [0.3, 0.4) is 0 Å². The third-order valence-corrected chi connectivity index (χ3v) is 5.39. The van der Waals surface area contributed by atoms with E-state index in [4.69, 9.17) is 4.52 Å². The van der Waals surface area contributed by atoms with E-state index in [0.29, 0.717) is 18.3 Å². The van der Waals surface area contributed by atoms with Crippen molar-refractivity contribution in [3.8, 4) is 11.5 Å². The van der Waals surface area contributed by atoms with Crippen LogP contribution >= 0.6 is 0 Å². The number of benzene rings is 2. The number of rotatable bonds is 4. The number of nitrogens with one attached hydrogen (secondary N) is 2. The van der Waals surface area contributed by atoms with Crippen LogP contribution in [0.25, 0.3) is 11.5 Å². The van der Waals surface area contributed by atoms with Gasteiger partial charge in [-0.15, -0.1) is 0 Å². The summed E-state index contributed by atoms with van der Waals surface area (Å²) in [7, 11) is 0. The molecule has 2 aromatic heterocycles. The fourth-order valence-electron chi connectivity index (χ4n) is 3.94. The Morgan fingerprint density at radius 1 is 1.03 bits per heavy atom. The quantitative estimate of drug-likeness (QED) is 0.493. The molecule has 0 saturated carbocycles. The van der Waals surface area contributed by atoms with Gasteiger partial charge in [0.15, 0.2) is 5.82 Å². The summed E-state index contributed by atoms with van der Waals surface area (Å²) in [6.07, 6.45) is 2.54. The van der Waals surface area contributed by atoms with Gasteiger partial charge < -0.3 is 20.1 Å². The van der Waals surface area contributed by atoms with Crippen molar-refractivity contribution < 1.29 is 9.32 Å². The Labute approximate surface area is 185 Å². The van der Waals surface area contributed by atoms with Crippen molar-refractivity contribution in [2.24, 2.45) is 0 Å². The summed E-state index contributed by atoms with van der Waals surface area (Å²) in [5.74, 6) is 1.86. The molecule has 3 heterocycles. The van der Waals surface area contributed by atoms with E-state index in [1.807, 2.05) is 54.6 Å². The van der Waals surface area contributed by atoms with Crippen molar-refractivity contribution in [2.45, 2.75) is 19.9 Å². The molecule has 1 aliphatic rings. The van der Waals surface area contributed by atoms with E-state index in [0.717, 1.165) is 46.8 Å². The van der Waals surface area contributed by atoms with Crippen LogP contribution in [0.2, 0.25) is 0 Å². The summed E-state index contributed by atoms with van der Waals surface area (Å²) >= 11 is 0. The van der Waals surface area contributed by atoms with Crippen LogP contribution in [-0.2, 0) is 13.0 Å². The first kappa shape index (κ1) is 19.7. The van der Waals surface area contributed by atoms with Crippen molar-refractivity contribution in [2.75, 3.05) is 22.1 Å². The molecule has 0 unspecified atom stereocenters. The molecule has 160 valence electrons. The van der Waals surface area contributed by atoms with Crippen LogP contribution in [0.4, 0.5) is 22.0 Å². The number of carbonyl (C=O) groups excluding carboxylic acids is 1. The molecule has 0 saturated heterocycles. The van der Waals surface area contributed by atoms with Gasteiger partial charge in [-0.1, -0.05) is 35.5 Å². The monoisotopic (exact) mass is 426 g/mol. The van der Waals surface area contributed by atoms with E-state index >= 15 is 0 Å². The number of fused-ring (bicyclic) bond motifs is 1. The lowest BCUT2D eigenvalue weighted by atomic mass is 9.97. The van der Waals surface area contributed by atoms with Gasteiger partial charge in [-0.3, -0.25) is 0 Å². The molecule has 2 aromatic carbocycles. The number of carbonyl (C=O) groups is 1. The standard InChI is InChI=1S/C24H22N6O2/c1-16-26-23(32-29-16)20-10-6-13-25-22(20)30-14-12-19-17(15-30)7-5-11-21(19)28-24(31)27-18-8-3-2-4-9-18/h2-11,13H,12,14-15H2,1H3,(H2,27,28,31). The molecule has 8 heteroatoms. The Morgan fingerprint density at radius 2 is 1.91 bits per heavy atom. The van der Waals surface area contributed by atoms with Gasteiger partial charge in [0, 0.05) is 30.7 Å². The Bertz CT molecular complexity index is 1250. The average molecular weight is 426 g/mol. The molecule has 0 spiro atoms. The van der Waals surface area contributed by atoms with E-state index in [2.05, 4.69) is 36.7 Å². The second-order valence-electron chi connectivity index (χ2n) is 7.58. The van der Waals surface area contributed by atoms with Crippen LogP contribution in [0, 0.1) is 6.92 Å². The molecule has 0 atom stereocenters. The van der Waals surface area contributed by atoms with Gasteiger partial charge in [0.05, 0.1) is 5.56 Å². The van der Waals surface area contributed by atoms with Crippen LogP contribution in [0.15, 0.2) is 71.4 Å². The summed E-state index contributed by atoms with van der Waals surface area (Å²) in [5, 5.41) is 9.77. The number of pyridine rings is 1. The minimum atomic E-state index is -0.259. The zero-order valence-corrected chi connectivity index (χ0v) is 17.6. The van der Waals surface area contributed by atoms with Gasteiger partial charge in [0.1, 0.15) is 5.82 Å². The van der Waals surface area contributed by atoms with E-state index in [9.17, 15) is 4.79 Å². The van der Waals surface area contributed by atoms with Crippen molar-refractivity contribution in [3.05, 3.63) is 83.8 Å². The summed E-state index contributed by atoms with van der Waals surface area (Å²) in [6, 6.07) is 18.9. The topological polar surface area (TPSA) is 96.2 Å². The molecule has 4 aromatic rings. The summed E-state index contributed by atoms with van der Waals surface area (Å²) < 4.78 is 5.38. The maximum Gasteiger partial charge on any atom is 0.323 e. The van der Waals surface area contributed by atoms with E-state index in [1.54, 1.807) is 13.1 Å². The number of aryl methyl sites for hydroxylation is 1. The fourth-order valence-corrected chi connectivity index (χ4v) is 3.94.